The van der Waals surface area contributed by atoms with Gasteiger partial charge in [0, 0.05) is 25.2 Å². The van der Waals surface area contributed by atoms with Crippen molar-refractivity contribution in [2.24, 2.45) is 0 Å². The number of rotatable bonds is 5. The minimum absolute atomic E-state index is 0.450. The van der Waals surface area contributed by atoms with Crippen LogP contribution in [0.25, 0.3) is 0 Å². The third-order valence-corrected chi connectivity index (χ3v) is 3.01. The first-order valence-corrected chi connectivity index (χ1v) is 6.12. The number of hydrogen-bond acceptors (Lipinski definition) is 4. The van der Waals surface area contributed by atoms with Crippen LogP contribution < -0.4 is 5.32 Å². The molecule has 1 fully saturated rings. The quantitative estimate of drug-likeness (QED) is 0.720. The van der Waals surface area contributed by atoms with Gasteiger partial charge in [-0.25, -0.2) is 0 Å². The molecule has 1 rings (SSSR count). The van der Waals surface area contributed by atoms with E-state index in [2.05, 4.69) is 24.2 Å². The number of aliphatic hydroxyl groups is 1. The molecule has 0 aromatic rings. The van der Waals surface area contributed by atoms with Crippen molar-refractivity contribution in [1.82, 2.24) is 10.2 Å². The maximum Gasteiger partial charge on any atom is 0.0718 e. The van der Waals surface area contributed by atoms with Crippen LogP contribution in [0.2, 0.25) is 0 Å². The predicted molar refractivity (Wildman–Crippen MR) is 65.6 cm³/mol. The van der Waals surface area contributed by atoms with Crippen LogP contribution in [-0.2, 0) is 4.74 Å². The average Bonchev–Trinajstić information content (AvgIpc) is 2.16. The molecule has 2 N–H and O–H groups in total. The highest BCUT2D eigenvalue weighted by atomic mass is 16.5. The molecule has 4 heteroatoms. The predicted octanol–water partition coefficient (Wildman–Crippen LogP) is 0.456. The van der Waals surface area contributed by atoms with Gasteiger partial charge in [-0.1, -0.05) is 0 Å². The van der Waals surface area contributed by atoms with E-state index in [1.165, 1.54) is 0 Å². The molecule has 0 saturated carbocycles. The fourth-order valence-corrected chi connectivity index (χ4v) is 2.13. The van der Waals surface area contributed by atoms with Crippen LogP contribution >= 0.6 is 0 Å². The lowest BCUT2D eigenvalue weighted by Crippen LogP contribution is -2.47. The third-order valence-electron chi connectivity index (χ3n) is 3.01. The van der Waals surface area contributed by atoms with Crippen molar-refractivity contribution in [3.63, 3.8) is 0 Å². The Hall–Kier alpha value is -0.160. The fourth-order valence-electron chi connectivity index (χ4n) is 2.13. The molecule has 1 saturated heterocycles. The smallest absolute Gasteiger partial charge is 0.0718 e. The molecular formula is C12H26N2O2. The zero-order valence-corrected chi connectivity index (χ0v) is 11.0. The normalized spacial score (nSPS) is 24.8. The van der Waals surface area contributed by atoms with Crippen LogP contribution in [0.3, 0.4) is 0 Å². The molecule has 4 nitrogen and oxygen atoms in total. The Morgan fingerprint density at radius 3 is 2.75 bits per heavy atom. The Morgan fingerprint density at radius 1 is 1.56 bits per heavy atom. The van der Waals surface area contributed by atoms with Gasteiger partial charge in [-0.3, -0.25) is 0 Å². The van der Waals surface area contributed by atoms with Crippen molar-refractivity contribution >= 4 is 0 Å². The Balaban J connectivity index is 2.29. The molecule has 0 bridgehead atoms. The number of nitrogens with one attached hydrogen (secondary N) is 1. The maximum atomic E-state index is 9.76. The second kappa shape index (κ2) is 5.96. The van der Waals surface area contributed by atoms with E-state index in [0.717, 1.165) is 26.2 Å². The summed E-state index contributed by atoms with van der Waals surface area (Å²) in [5, 5.41) is 13.2. The first kappa shape index (κ1) is 13.9. The van der Waals surface area contributed by atoms with Gasteiger partial charge < -0.3 is 20.1 Å². The zero-order valence-electron chi connectivity index (χ0n) is 11.0. The minimum atomic E-state index is -0.625. The lowest BCUT2D eigenvalue weighted by Gasteiger charge is -2.33. The van der Waals surface area contributed by atoms with Gasteiger partial charge >= 0.3 is 0 Å². The van der Waals surface area contributed by atoms with E-state index in [0.29, 0.717) is 18.6 Å². The summed E-state index contributed by atoms with van der Waals surface area (Å²) < 4.78 is 5.43. The Bertz CT molecular complexity index is 198. The molecular weight excluding hydrogens is 204 g/mol. The summed E-state index contributed by atoms with van der Waals surface area (Å²) in [4.78, 5) is 2.20. The van der Waals surface area contributed by atoms with Crippen molar-refractivity contribution in [2.75, 3.05) is 33.4 Å². The van der Waals surface area contributed by atoms with Gasteiger partial charge in [0.25, 0.3) is 0 Å². The SMILES string of the molecule is CC(CC1COCCN1)N(C)CC(C)(C)O. The lowest BCUT2D eigenvalue weighted by atomic mass is 10.0. The lowest BCUT2D eigenvalue weighted by molar-refractivity contribution is 0.0235. The van der Waals surface area contributed by atoms with Gasteiger partial charge in [-0.05, 0) is 34.2 Å². The highest BCUT2D eigenvalue weighted by molar-refractivity contribution is 4.79. The van der Waals surface area contributed by atoms with E-state index in [4.69, 9.17) is 4.74 Å². The summed E-state index contributed by atoms with van der Waals surface area (Å²) in [6.45, 7) is 9.16. The van der Waals surface area contributed by atoms with E-state index >= 15 is 0 Å². The van der Waals surface area contributed by atoms with Gasteiger partial charge in [0.05, 0.1) is 18.8 Å². The number of likely N-dealkylation sites (N-methyl/N-ethyl adjacent to an activating group) is 1. The minimum Gasteiger partial charge on any atom is -0.389 e. The molecule has 1 aliphatic heterocycles. The van der Waals surface area contributed by atoms with Gasteiger partial charge in [0.2, 0.25) is 0 Å². The van der Waals surface area contributed by atoms with E-state index in [1.807, 2.05) is 13.8 Å². The summed E-state index contributed by atoms with van der Waals surface area (Å²) in [5.74, 6) is 0. The van der Waals surface area contributed by atoms with E-state index in [1.54, 1.807) is 0 Å². The van der Waals surface area contributed by atoms with Crippen LogP contribution in [0.15, 0.2) is 0 Å². The number of morpholine rings is 1. The van der Waals surface area contributed by atoms with Crippen LogP contribution in [0.1, 0.15) is 27.2 Å². The topological polar surface area (TPSA) is 44.7 Å². The molecule has 1 heterocycles. The van der Waals surface area contributed by atoms with Crippen LogP contribution in [0.5, 0.6) is 0 Å². The van der Waals surface area contributed by atoms with Crippen molar-refractivity contribution < 1.29 is 9.84 Å². The van der Waals surface area contributed by atoms with Crippen molar-refractivity contribution in [3.05, 3.63) is 0 Å². The fraction of sp³-hybridized carbons (Fsp3) is 1.00. The highest BCUT2D eigenvalue weighted by Crippen LogP contribution is 2.11. The highest BCUT2D eigenvalue weighted by Gasteiger charge is 2.22. The zero-order chi connectivity index (χ0) is 12.2. The molecule has 0 aromatic carbocycles. The molecule has 0 aromatic heterocycles. The van der Waals surface area contributed by atoms with Gasteiger partial charge in [0.1, 0.15) is 0 Å². The molecule has 2 atom stereocenters. The van der Waals surface area contributed by atoms with E-state index < -0.39 is 5.60 Å². The summed E-state index contributed by atoms with van der Waals surface area (Å²) in [6, 6.07) is 0.902. The second-order valence-electron chi connectivity index (χ2n) is 5.54. The molecule has 2 unspecified atom stereocenters. The van der Waals surface area contributed by atoms with Gasteiger partial charge in [-0.15, -0.1) is 0 Å². The van der Waals surface area contributed by atoms with E-state index in [9.17, 15) is 5.11 Å². The summed E-state index contributed by atoms with van der Waals surface area (Å²) in [6.07, 6.45) is 1.06. The van der Waals surface area contributed by atoms with Crippen molar-refractivity contribution in [1.29, 1.82) is 0 Å². The van der Waals surface area contributed by atoms with Crippen LogP contribution in [0, 0.1) is 0 Å². The monoisotopic (exact) mass is 230 g/mol. The Labute approximate surface area is 99.0 Å². The van der Waals surface area contributed by atoms with Crippen LogP contribution in [-0.4, -0.2) is 61.0 Å². The van der Waals surface area contributed by atoms with Gasteiger partial charge in [0.15, 0.2) is 0 Å². The number of nitrogens with zero attached hydrogens (tertiary/aromatic N) is 1. The first-order valence-electron chi connectivity index (χ1n) is 6.12. The molecule has 0 aliphatic carbocycles. The first-order chi connectivity index (χ1) is 7.38. The number of ether oxygens (including phenoxy) is 1. The number of hydrogen-bond donors (Lipinski definition) is 2. The second-order valence-corrected chi connectivity index (χ2v) is 5.54. The largest absolute Gasteiger partial charge is 0.389 e. The van der Waals surface area contributed by atoms with Crippen LogP contribution in [0.4, 0.5) is 0 Å². The molecule has 1 aliphatic rings. The Morgan fingerprint density at radius 2 is 2.25 bits per heavy atom. The molecule has 0 spiro atoms. The summed E-state index contributed by atoms with van der Waals surface area (Å²) in [5.41, 5.74) is -0.625. The van der Waals surface area contributed by atoms with Crippen molar-refractivity contribution in [3.8, 4) is 0 Å². The molecule has 0 radical (unpaired) electrons. The summed E-state index contributed by atoms with van der Waals surface area (Å²) in [7, 11) is 2.06. The average molecular weight is 230 g/mol. The standard InChI is InChI=1S/C12H26N2O2/c1-10(14(4)9-12(2,3)15)7-11-8-16-6-5-13-11/h10-11,13,15H,5-9H2,1-4H3. The summed E-state index contributed by atoms with van der Waals surface area (Å²) >= 11 is 0. The molecule has 16 heavy (non-hydrogen) atoms. The maximum absolute atomic E-state index is 9.76. The van der Waals surface area contributed by atoms with Gasteiger partial charge in [-0.2, -0.15) is 0 Å². The van der Waals surface area contributed by atoms with Crippen molar-refractivity contribution in [2.45, 2.75) is 44.9 Å². The van der Waals surface area contributed by atoms with E-state index in [-0.39, 0.29) is 0 Å². The Kier molecular flexibility index (Phi) is 5.18. The molecule has 96 valence electrons. The molecule has 0 amide bonds. The third kappa shape index (κ3) is 5.25.